The van der Waals surface area contributed by atoms with Crippen molar-refractivity contribution in [1.82, 2.24) is 0 Å². The number of hydrogen-bond donors (Lipinski definition) is 0. The Hall–Kier alpha value is -0.370. The molecule has 0 N–H and O–H groups in total. The van der Waals surface area contributed by atoms with Crippen LogP contribution in [-0.4, -0.2) is 5.33 Å². The van der Waals surface area contributed by atoms with E-state index in [1.54, 1.807) is 0 Å². The van der Waals surface area contributed by atoms with Gasteiger partial charge in [0.1, 0.15) is 5.82 Å². The highest BCUT2D eigenvalue weighted by Gasteiger charge is 2.04. The number of rotatable bonds is 3. The van der Waals surface area contributed by atoms with Crippen molar-refractivity contribution in [2.75, 3.05) is 5.33 Å². The molecule has 0 heterocycles. The van der Waals surface area contributed by atoms with Crippen LogP contribution >= 0.6 is 15.9 Å². The second-order valence-electron chi connectivity index (χ2n) is 2.68. The molecule has 0 aliphatic heterocycles. The largest absolute Gasteiger partial charge is 0.206 e. The monoisotopic (exact) mass is 230 g/mol. The van der Waals surface area contributed by atoms with Crippen LogP contribution in [0, 0.1) is 5.82 Å². The second kappa shape index (κ2) is 4.61. The van der Waals surface area contributed by atoms with Gasteiger partial charge in [-0.2, -0.15) is 0 Å². The molecule has 0 nitrogen and oxygen atoms in total. The molecule has 0 spiro atoms. The zero-order chi connectivity index (χ0) is 8.97. The van der Waals surface area contributed by atoms with E-state index >= 15 is 0 Å². The maximum Gasteiger partial charge on any atom is 0.129 e. The molecule has 0 aromatic heterocycles. The fourth-order valence-corrected chi connectivity index (χ4v) is 1.63. The topological polar surface area (TPSA) is 0 Å². The minimum Gasteiger partial charge on any atom is -0.206 e. The summed E-state index contributed by atoms with van der Waals surface area (Å²) in [7, 11) is 0. The Morgan fingerprint density at radius 2 is 2.00 bits per heavy atom. The smallest absolute Gasteiger partial charge is 0.129 e. The molecule has 1 aromatic rings. The van der Waals surface area contributed by atoms with Gasteiger partial charge in [-0.05, 0) is 24.0 Å². The van der Waals surface area contributed by atoms with Crippen LogP contribution in [0.1, 0.15) is 18.1 Å². The zero-order valence-corrected chi connectivity index (χ0v) is 8.70. The van der Waals surface area contributed by atoms with Gasteiger partial charge in [0.2, 0.25) is 0 Å². The fraction of sp³-hybridized carbons (Fsp3) is 0.400. The molecule has 0 aliphatic carbocycles. The molecule has 0 fully saturated rings. The van der Waals surface area contributed by atoms with Crippen molar-refractivity contribution < 1.29 is 4.39 Å². The third kappa shape index (κ3) is 2.07. The first-order valence-corrected chi connectivity index (χ1v) is 5.24. The molecule has 0 aliphatic rings. The van der Waals surface area contributed by atoms with Crippen molar-refractivity contribution in [3.8, 4) is 0 Å². The molecule has 0 atom stereocenters. The minimum atomic E-state index is -0.0283. The lowest BCUT2D eigenvalue weighted by Gasteiger charge is -2.04. The molecule has 0 bridgehead atoms. The summed E-state index contributed by atoms with van der Waals surface area (Å²) in [5, 5.41) is 0.817. The molecule has 0 saturated heterocycles. The Balaban J connectivity index is 2.97. The molecule has 0 amide bonds. The van der Waals surface area contributed by atoms with E-state index in [0.717, 1.165) is 29.3 Å². The molecule has 0 unspecified atom stereocenters. The van der Waals surface area contributed by atoms with Crippen LogP contribution in [0.25, 0.3) is 0 Å². The van der Waals surface area contributed by atoms with Gasteiger partial charge in [0.05, 0.1) is 0 Å². The van der Waals surface area contributed by atoms with Gasteiger partial charge in [0, 0.05) is 5.33 Å². The van der Waals surface area contributed by atoms with Crippen molar-refractivity contribution in [2.45, 2.75) is 19.8 Å². The average Bonchev–Trinajstić information content (AvgIpc) is 2.09. The Morgan fingerprint density at radius 3 is 2.58 bits per heavy atom. The lowest BCUT2D eigenvalue weighted by molar-refractivity contribution is 0.597. The second-order valence-corrected chi connectivity index (χ2v) is 3.48. The highest BCUT2D eigenvalue weighted by molar-refractivity contribution is 9.09. The highest BCUT2D eigenvalue weighted by Crippen LogP contribution is 2.14. The van der Waals surface area contributed by atoms with Crippen molar-refractivity contribution in [2.24, 2.45) is 0 Å². The maximum atomic E-state index is 13.4. The van der Waals surface area contributed by atoms with E-state index in [1.165, 1.54) is 0 Å². The SMILES string of the molecule is CCc1cccc(CCBr)c1F. The number of alkyl halides is 1. The van der Waals surface area contributed by atoms with Gasteiger partial charge < -0.3 is 0 Å². The Kier molecular flexibility index (Phi) is 3.73. The summed E-state index contributed by atoms with van der Waals surface area (Å²) in [5.41, 5.74) is 1.62. The van der Waals surface area contributed by atoms with Crippen molar-refractivity contribution >= 4 is 15.9 Å². The standard InChI is InChI=1S/C10H12BrF/c1-2-8-4-3-5-9(6-7-11)10(8)12/h3-5H,2,6-7H2,1H3. The highest BCUT2D eigenvalue weighted by atomic mass is 79.9. The predicted octanol–water partition coefficient (Wildman–Crippen LogP) is 3.33. The van der Waals surface area contributed by atoms with E-state index in [1.807, 2.05) is 25.1 Å². The zero-order valence-electron chi connectivity index (χ0n) is 7.11. The van der Waals surface area contributed by atoms with Crippen molar-refractivity contribution in [1.29, 1.82) is 0 Å². The molecule has 0 radical (unpaired) electrons. The summed E-state index contributed by atoms with van der Waals surface area (Å²) < 4.78 is 13.4. The van der Waals surface area contributed by atoms with E-state index in [2.05, 4.69) is 15.9 Å². The summed E-state index contributed by atoms with van der Waals surface area (Å²) in [4.78, 5) is 0. The van der Waals surface area contributed by atoms with Gasteiger partial charge in [-0.15, -0.1) is 0 Å². The first-order chi connectivity index (χ1) is 5.79. The summed E-state index contributed by atoms with van der Waals surface area (Å²) >= 11 is 3.30. The molecular weight excluding hydrogens is 219 g/mol. The molecule has 1 rings (SSSR count). The van der Waals surface area contributed by atoms with Crippen LogP contribution in [0.2, 0.25) is 0 Å². The first kappa shape index (κ1) is 9.72. The Bertz CT molecular complexity index is 258. The lowest BCUT2D eigenvalue weighted by atomic mass is 10.1. The lowest BCUT2D eigenvalue weighted by Crippen LogP contribution is -1.96. The van der Waals surface area contributed by atoms with E-state index in [-0.39, 0.29) is 5.82 Å². The average molecular weight is 231 g/mol. The third-order valence-corrected chi connectivity index (χ3v) is 2.30. The summed E-state index contributed by atoms with van der Waals surface area (Å²) in [6, 6.07) is 5.60. The van der Waals surface area contributed by atoms with Crippen molar-refractivity contribution in [3.63, 3.8) is 0 Å². The maximum absolute atomic E-state index is 13.4. The Labute approximate surface area is 80.9 Å². The van der Waals surface area contributed by atoms with Crippen LogP contribution < -0.4 is 0 Å². The van der Waals surface area contributed by atoms with Crippen LogP contribution in [0.15, 0.2) is 18.2 Å². The summed E-state index contributed by atoms with van der Waals surface area (Å²) in [6.45, 7) is 1.97. The number of halogens is 2. The van der Waals surface area contributed by atoms with E-state index in [4.69, 9.17) is 0 Å². The number of benzene rings is 1. The quantitative estimate of drug-likeness (QED) is 0.700. The van der Waals surface area contributed by atoms with Gasteiger partial charge in [0.15, 0.2) is 0 Å². The molecule has 66 valence electrons. The van der Waals surface area contributed by atoms with E-state index < -0.39 is 0 Å². The molecule has 1 aromatic carbocycles. The molecule has 12 heavy (non-hydrogen) atoms. The van der Waals surface area contributed by atoms with Gasteiger partial charge >= 0.3 is 0 Å². The molecule has 2 heteroatoms. The summed E-state index contributed by atoms with van der Waals surface area (Å²) in [5.74, 6) is -0.0283. The van der Waals surface area contributed by atoms with Crippen LogP contribution in [0.3, 0.4) is 0 Å². The minimum absolute atomic E-state index is 0.0283. The van der Waals surface area contributed by atoms with Gasteiger partial charge in [-0.1, -0.05) is 41.1 Å². The normalized spacial score (nSPS) is 10.2. The number of aryl methyl sites for hydroxylation is 2. The van der Waals surface area contributed by atoms with Gasteiger partial charge in [-0.25, -0.2) is 4.39 Å². The van der Waals surface area contributed by atoms with Crippen LogP contribution in [0.5, 0.6) is 0 Å². The van der Waals surface area contributed by atoms with Crippen LogP contribution in [-0.2, 0) is 12.8 Å². The van der Waals surface area contributed by atoms with Crippen LogP contribution in [0.4, 0.5) is 4.39 Å². The number of hydrogen-bond acceptors (Lipinski definition) is 0. The first-order valence-electron chi connectivity index (χ1n) is 4.11. The molecule has 0 saturated carbocycles. The van der Waals surface area contributed by atoms with E-state index in [9.17, 15) is 4.39 Å². The Morgan fingerprint density at radius 1 is 1.33 bits per heavy atom. The van der Waals surface area contributed by atoms with Gasteiger partial charge in [0.25, 0.3) is 0 Å². The predicted molar refractivity (Wildman–Crippen MR) is 53.3 cm³/mol. The molecular formula is C10H12BrF. The third-order valence-electron chi connectivity index (χ3n) is 1.90. The van der Waals surface area contributed by atoms with E-state index in [0.29, 0.717) is 0 Å². The van der Waals surface area contributed by atoms with Crippen molar-refractivity contribution in [3.05, 3.63) is 35.1 Å². The fourth-order valence-electron chi connectivity index (χ4n) is 1.20. The summed E-state index contributed by atoms with van der Waals surface area (Å²) in [6.07, 6.45) is 1.53. The van der Waals surface area contributed by atoms with Gasteiger partial charge in [-0.3, -0.25) is 0 Å².